The maximum Gasteiger partial charge on any atom is 0.336 e. The second kappa shape index (κ2) is 2.57. The summed E-state index contributed by atoms with van der Waals surface area (Å²) in [5, 5.41) is 9.98. The topological polar surface area (TPSA) is 69.4 Å². The van der Waals surface area contributed by atoms with Crippen LogP contribution >= 0.6 is 0 Å². The van der Waals surface area contributed by atoms with Crippen LogP contribution in [0.15, 0.2) is 12.2 Å². The van der Waals surface area contributed by atoms with Crippen LogP contribution in [0.5, 0.6) is 0 Å². The molecule has 2 atom stereocenters. The molecule has 10 heavy (non-hydrogen) atoms. The molecule has 0 saturated carbocycles. The third kappa shape index (κ3) is 1.19. The van der Waals surface area contributed by atoms with Gasteiger partial charge in [-0.3, -0.25) is 14.9 Å². The third-order valence-corrected chi connectivity index (χ3v) is 1.10. The summed E-state index contributed by atoms with van der Waals surface area (Å²) in [5.74, 6) is 0. The van der Waals surface area contributed by atoms with Crippen molar-refractivity contribution >= 4 is 6.29 Å². The Balaban J connectivity index is 2.52. The Hall–Kier alpha value is -1.23. The highest BCUT2D eigenvalue weighted by Crippen LogP contribution is 2.08. The van der Waals surface area contributed by atoms with Crippen molar-refractivity contribution in [3.05, 3.63) is 22.3 Å². The van der Waals surface area contributed by atoms with Crippen LogP contribution in [0.3, 0.4) is 0 Å². The summed E-state index contributed by atoms with van der Waals surface area (Å²) < 4.78 is 4.59. The van der Waals surface area contributed by atoms with E-state index in [4.69, 9.17) is 0 Å². The number of nitro groups is 1. The molecule has 0 N–H and O–H groups in total. The van der Waals surface area contributed by atoms with Gasteiger partial charge in [-0.05, 0) is 6.08 Å². The molecule has 1 aliphatic heterocycles. The molecule has 0 amide bonds. The van der Waals surface area contributed by atoms with Crippen LogP contribution in [-0.4, -0.2) is 23.5 Å². The first-order chi connectivity index (χ1) is 4.74. The van der Waals surface area contributed by atoms with E-state index in [1.165, 1.54) is 12.2 Å². The monoisotopic (exact) mass is 143 g/mol. The summed E-state index contributed by atoms with van der Waals surface area (Å²) in [6.45, 7) is 0. The van der Waals surface area contributed by atoms with Crippen molar-refractivity contribution in [3.8, 4) is 0 Å². The molecule has 0 bridgehead atoms. The van der Waals surface area contributed by atoms with Gasteiger partial charge in [0.25, 0.3) is 0 Å². The molecule has 54 valence electrons. The van der Waals surface area contributed by atoms with E-state index in [9.17, 15) is 14.9 Å². The number of hydrogen-bond donors (Lipinski definition) is 0. The zero-order chi connectivity index (χ0) is 7.56. The van der Waals surface area contributed by atoms with Gasteiger partial charge < -0.3 is 4.79 Å². The van der Waals surface area contributed by atoms with Crippen LogP contribution in [0, 0.1) is 10.1 Å². The molecule has 1 rings (SSSR count). The van der Waals surface area contributed by atoms with E-state index in [0.717, 1.165) is 0 Å². The van der Waals surface area contributed by atoms with Crippen LogP contribution in [0.1, 0.15) is 0 Å². The molecule has 0 spiro atoms. The summed E-state index contributed by atoms with van der Waals surface area (Å²) in [4.78, 5) is 19.4. The Kier molecular flexibility index (Phi) is 1.77. The highest BCUT2D eigenvalue weighted by atomic mass is 16.7. The average Bonchev–Trinajstić information content (AvgIpc) is 2.34. The minimum absolute atomic E-state index is 0.514. The maximum atomic E-state index is 9.98. The molecule has 1 heterocycles. The summed E-state index contributed by atoms with van der Waals surface area (Å²) in [5.41, 5.74) is 0. The van der Waals surface area contributed by atoms with Crippen molar-refractivity contribution < 1.29 is 14.5 Å². The van der Waals surface area contributed by atoms with Crippen molar-refractivity contribution in [1.82, 2.24) is 0 Å². The van der Waals surface area contributed by atoms with Crippen molar-refractivity contribution in [2.75, 3.05) is 0 Å². The Morgan fingerprint density at radius 2 is 2.30 bits per heavy atom. The van der Waals surface area contributed by atoms with E-state index >= 15 is 0 Å². The number of carbonyl (C=O) groups is 1. The highest BCUT2D eigenvalue weighted by Gasteiger charge is 2.26. The lowest BCUT2D eigenvalue weighted by atomic mass is 10.4. The smallest absolute Gasteiger partial charge is 0.300 e. The fraction of sp³-hybridized carbons (Fsp3) is 0.400. The second-order valence-corrected chi connectivity index (χ2v) is 1.80. The highest BCUT2D eigenvalue weighted by molar-refractivity contribution is 5.60. The zero-order valence-corrected chi connectivity index (χ0v) is 4.97. The molecule has 0 aliphatic carbocycles. The maximum absolute atomic E-state index is 9.98. The molecule has 5 heteroatoms. The van der Waals surface area contributed by atoms with Gasteiger partial charge in [0, 0.05) is 6.08 Å². The number of rotatable bonds is 2. The quantitative estimate of drug-likeness (QED) is 0.231. The molecule has 0 aromatic rings. The number of aldehydes is 1. The standard InChI is InChI=1S/C5H5NO4/c7-3-4-1-2-5(10-4)6(8)9/h1-5H. The molecule has 0 radical (unpaired) electrons. The lowest BCUT2D eigenvalue weighted by Gasteiger charge is -2.00. The largest absolute Gasteiger partial charge is 0.336 e. The Bertz CT molecular complexity index is 188. The van der Waals surface area contributed by atoms with E-state index in [2.05, 4.69) is 4.74 Å². The molecular formula is C5H5NO4. The zero-order valence-electron chi connectivity index (χ0n) is 4.97. The van der Waals surface area contributed by atoms with E-state index in [1.54, 1.807) is 0 Å². The lowest BCUT2D eigenvalue weighted by Crippen LogP contribution is -2.20. The second-order valence-electron chi connectivity index (χ2n) is 1.80. The van der Waals surface area contributed by atoms with Crippen LogP contribution in [-0.2, 0) is 9.53 Å². The van der Waals surface area contributed by atoms with Gasteiger partial charge in [-0.25, -0.2) is 0 Å². The predicted octanol–water partition coefficient (Wildman–Crippen LogP) is -0.257. The number of carbonyl (C=O) groups excluding carboxylic acids is 1. The van der Waals surface area contributed by atoms with Crippen LogP contribution < -0.4 is 0 Å². The molecule has 1 aliphatic rings. The van der Waals surface area contributed by atoms with Gasteiger partial charge in [0.1, 0.15) is 6.10 Å². The third-order valence-electron chi connectivity index (χ3n) is 1.10. The van der Waals surface area contributed by atoms with Crippen LogP contribution in [0.2, 0.25) is 0 Å². The number of ether oxygens (including phenoxy) is 1. The van der Waals surface area contributed by atoms with E-state index < -0.39 is 17.3 Å². The fourth-order valence-corrected chi connectivity index (χ4v) is 0.654. The first-order valence-electron chi connectivity index (χ1n) is 2.66. The number of hydrogen-bond acceptors (Lipinski definition) is 4. The average molecular weight is 143 g/mol. The normalized spacial score (nSPS) is 30.4. The molecular weight excluding hydrogens is 138 g/mol. The Labute approximate surface area is 56.4 Å². The number of nitrogens with zero attached hydrogens (tertiary/aromatic N) is 1. The molecule has 2 unspecified atom stereocenters. The van der Waals surface area contributed by atoms with Gasteiger partial charge in [0.2, 0.25) is 0 Å². The van der Waals surface area contributed by atoms with Gasteiger partial charge in [-0.1, -0.05) is 0 Å². The van der Waals surface area contributed by atoms with Gasteiger partial charge in [0.05, 0.1) is 4.92 Å². The van der Waals surface area contributed by atoms with Gasteiger partial charge >= 0.3 is 6.23 Å². The van der Waals surface area contributed by atoms with Crippen molar-refractivity contribution in [3.63, 3.8) is 0 Å². The molecule has 5 nitrogen and oxygen atoms in total. The Morgan fingerprint density at radius 1 is 1.60 bits per heavy atom. The minimum atomic E-state index is -1.14. The van der Waals surface area contributed by atoms with Crippen LogP contribution in [0.4, 0.5) is 0 Å². The van der Waals surface area contributed by atoms with E-state index in [-0.39, 0.29) is 0 Å². The van der Waals surface area contributed by atoms with Crippen molar-refractivity contribution in [2.45, 2.75) is 12.3 Å². The Morgan fingerprint density at radius 3 is 2.60 bits per heavy atom. The first kappa shape index (κ1) is 6.88. The molecule has 0 aromatic heterocycles. The van der Waals surface area contributed by atoms with Crippen LogP contribution in [0.25, 0.3) is 0 Å². The fourth-order valence-electron chi connectivity index (χ4n) is 0.654. The van der Waals surface area contributed by atoms with E-state index in [0.29, 0.717) is 6.29 Å². The van der Waals surface area contributed by atoms with Gasteiger partial charge in [-0.2, -0.15) is 0 Å². The van der Waals surface area contributed by atoms with E-state index in [1.807, 2.05) is 0 Å². The summed E-state index contributed by atoms with van der Waals surface area (Å²) >= 11 is 0. The first-order valence-corrected chi connectivity index (χ1v) is 2.66. The molecule has 0 aromatic carbocycles. The van der Waals surface area contributed by atoms with Gasteiger partial charge in [0.15, 0.2) is 6.29 Å². The summed E-state index contributed by atoms with van der Waals surface area (Å²) in [6, 6.07) is 0. The summed E-state index contributed by atoms with van der Waals surface area (Å²) in [7, 11) is 0. The van der Waals surface area contributed by atoms with Gasteiger partial charge in [-0.15, -0.1) is 0 Å². The lowest BCUT2D eigenvalue weighted by molar-refractivity contribution is -0.559. The summed E-state index contributed by atoms with van der Waals surface area (Å²) in [6.07, 6.45) is 1.24. The molecule has 0 fully saturated rings. The SMILES string of the molecule is O=CC1C=CC([N+](=O)[O-])O1. The van der Waals surface area contributed by atoms with Crippen molar-refractivity contribution in [2.24, 2.45) is 0 Å². The molecule has 0 saturated heterocycles. The predicted molar refractivity (Wildman–Crippen MR) is 30.9 cm³/mol. The minimum Gasteiger partial charge on any atom is -0.300 e. The van der Waals surface area contributed by atoms with Crippen molar-refractivity contribution in [1.29, 1.82) is 0 Å².